The van der Waals surface area contributed by atoms with Crippen LogP contribution in [0.4, 0.5) is 5.69 Å². The smallest absolute Gasteiger partial charge is 0.315 e. The molecule has 2 heterocycles. The summed E-state index contributed by atoms with van der Waals surface area (Å²) in [5.74, 6) is -0.461. The summed E-state index contributed by atoms with van der Waals surface area (Å²) in [4.78, 5) is 13.1. The van der Waals surface area contributed by atoms with E-state index in [2.05, 4.69) is 21.2 Å². The van der Waals surface area contributed by atoms with Crippen LogP contribution >= 0.6 is 0 Å². The number of piperidine rings is 1. The predicted molar refractivity (Wildman–Crippen MR) is 129 cm³/mol. The van der Waals surface area contributed by atoms with Crippen molar-refractivity contribution in [3.05, 3.63) is 46.3 Å². The van der Waals surface area contributed by atoms with Gasteiger partial charge in [0.25, 0.3) is 0 Å². The SMILES string of the molecule is Cn1cc(N(C2CCCNC2)S(=O)(=O)NC(=O)Cc2c3c(cc4c2CCC4)CCC3)cn1.[Na]. The van der Waals surface area contributed by atoms with E-state index < -0.39 is 16.1 Å². The number of hydrogen-bond acceptors (Lipinski definition) is 5. The van der Waals surface area contributed by atoms with Gasteiger partial charge in [0, 0.05) is 49.3 Å². The molecular weight excluding hydrogens is 449 g/mol. The van der Waals surface area contributed by atoms with Crippen LogP contribution in [0.3, 0.4) is 0 Å². The fourth-order valence-corrected chi connectivity index (χ4v) is 7.04. The predicted octanol–water partition coefficient (Wildman–Crippen LogP) is 1.18. The van der Waals surface area contributed by atoms with E-state index in [9.17, 15) is 13.2 Å². The summed E-state index contributed by atoms with van der Waals surface area (Å²) in [6.45, 7) is 1.41. The van der Waals surface area contributed by atoms with E-state index in [-0.39, 0.29) is 42.0 Å². The molecule has 1 amide bonds. The van der Waals surface area contributed by atoms with Crippen LogP contribution in [0, 0.1) is 0 Å². The summed E-state index contributed by atoms with van der Waals surface area (Å²) >= 11 is 0. The van der Waals surface area contributed by atoms with Crippen LogP contribution in [-0.2, 0) is 54.2 Å². The molecule has 1 fully saturated rings. The minimum Gasteiger partial charge on any atom is -0.315 e. The first-order chi connectivity index (χ1) is 15.4. The average molecular weight is 481 g/mol. The second kappa shape index (κ2) is 10.1. The standard InChI is InChI=1S/C23H31N5O3S.Na/c1-27-15-19(14-25-27)28(18-7-4-10-24-13-18)32(30,31)26-23(29)12-22-20-8-2-5-16(20)11-17-6-3-9-21(17)22;/h11,14-15,18,24H,2-10,12-13H2,1H3,(H,26,29);. The zero-order valence-corrected chi connectivity index (χ0v) is 22.4. The zero-order chi connectivity index (χ0) is 22.3. The molecule has 0 spiro atoms. The topological polar surface area (TPSA) is 96.3 Å². The molecule has 1 radical (unpaired) electrons. The van der Waals surface area contributed by atoms with E-state index in [4.69, 9.17) is 0 Å². The molecule has 2 aliphatic carbocycles. The normalized spacial score (nSPS) is 19.5. The molecular formula is C23H31N5NaO3S. The zero-order valence-electron chi connectivity index (χ0n) is 19.6. The summed E-state index contributed by atoms with van der Waals surface area (Å²) < 4.78 is 32.2. The van der Waals surface area contributed by atoms with Gasteiger partial charge in [-0.15, -0.1) is 0 Å². The molecule has 2 aromatic rings. The summed E-state index contributed by atoms with van der Waals surface area (Å²) in [6, 6.07) is 2.06. The van der Waals surface area contributed by atoms with E-state index in [0.29, 0.717) is 12.2 Å². The average Bonchev–Trinajstić information content (AvgIpc) is 3.49. The number of hydrogen-bond donors (Lipinski definition) is 2. The van der Waals surface area contributed by atoms with Gasteiger partial charge in [-0.2, -0.15) is 13.5 Å². The molecule has 1 aromatic carbocycles. The molecule has 1 atom stereocenters. The van der Waals surface area contributed by atoms with Gasteiger partial charge in [0.05, 0.1) is 24.3 Å². The Morgan fingerprint density at radius 2 is 1.88 bits per heavy atom. The monoisotopic (exact) mass is 480 g/mol. The van der Waals surface area contributed by atoms with Crippen molar-refractivity contribution >= 4 is 51.4 Å². The van der Waals surface area contributed by atoms with Crippen LogP contribution in [-0.4, -0.2) is 72.8 Å². The molecule has 1 unspecified atom stereocenters. The molecule has 8 nitrogen and oxygen atoms in total. The van der Waals surface area contributed by atoms with Gasteiger partial charge >= 0.3 is 10.2 Å². The van der Waals surface area contributed by atoms with Gasteiger partial charge in [-0.1, -0.05) is 6.07 Å². The van der Waals surface area contributed by atoms with Gasteiger partial charge in [-0.05, 0) is 85.7 Å². The van der Waals surface area contributed by atoms with Gasteiger partial charge in [0.2, 0.25) is 5.91 Å². The summed E-state index contributed by atoms with van der Waals surface area (Å²) in [6.07, 6.45) is 11.2. The second-order valence-electron chi connectivity index (χ2n) is 9.21. The summed E-state index contributed by atoms with van der Waals surface area (Å²) in [7, 11) is -2.32. The number of fused-ring (bicyclic) bond motifs is 2. The molecule has 2 N–H and O–H groups in total. The number of amides is 1. The van der Waals surface area contributed by atoms with Crippen LogP contribution in [0.25, 0.3) is 0 Å². The molecule has 1 aromatic heterocycles. The van der Waals surface area contributed by atoms with Gasteiger partial charge < -0.3 is 5.32 Å². The van der Waals surface area contributed by atoms with Gasteiger partial charge in [0.1, 0.15) is 0 Å². The number of nitrogens with zero attached hydrogens (tertiary/aromatic N) is 3. The fourth-order valence-electron chi connectivity index (χ4n) is 5.64. The van der Waals surface area contributed by atoms with E-state index in [0.717, 1.165) is 63.5 Å². The maximum atomic E-state index is 13.4. The van der Waals surface area contributed by atoms with Crippen LogP contribution in [0.1, 0.15) is 53.5 Å². The van der Waals surface area contributed by atoms with Crippen molar-refractivity contribution in [1.29, 1.82) is 0 Å². The van der Waals surface area contributed by atoms with Crippen LogP contribution in [0.2, 0.25) is 0 Å². The van der Waals surface area contributed by atoms with E-state index in [1.165, 1.54) is 32.8 Å². The number of rotatable bonds is 6. The van der Waals surface area contributed by atoms with Crippen molar-refractivity contribution in [1.82, 2.24) is 19.8 Å². The molecule has 0 saturated carbocycles. The van der Waals surface area contributed by atoms with Crippen LogP contribution < -0.4 is 14.3 Å². The Hall–Kier alpha value is -1.39. The van der Waals surface area contributed by atoms with Crippen molar-refractivity contribution in [2.45, 2.75) is 63.8 Å². The van der Waals surface area contributed by atoms with Gasteiger partial charge in [-0.3, -0.25) is 9.48 Å². The summed E-state index contributed by atoms with van der Waals surface area (Å²) in [5.41, 5.74) is 6.80. The number of aryl methyl sites for hydroxylation is 3. The Balaban J connectivity index is 0.00000259. The number of anilines is 1. The Morgan fingerprint density at radius 1 is 1.18 bits per heavy atom. The third-order valence-corrected chi connectivity index (χ3v) is 8.50. The maximum absolute atomic E-state index is 13.4. The van der Waals surface area contributed by atoms with Crippen LogP contribution in [0.5, 0.6) is 0 Å². The second-order valence-corrected chi connectivity index (χ2v) is 10.8. The number of nitrogens with one attached hydrogen (secondary N) is 2. The third-order valence-electron chi connectivity index (χ3n) is 6.99. The van der Waals surface area contributed by atoms with Crippen molar-refractivity contribution in [3.63, 3.8) is 0 Å². The molecule has 0 bridgehead atoms. The molecule has 1 aliphatic heterocycles. The molecule has 173 valence electrons. The van der Waals surface area contributed by atoms with E-state index in [1.54, 1.807) is 17.9 Å². The number of carbonyl (C=O) groups excluding carboxylic acids is 1. The minimum absolute atomic E-state index is 0. The van der Waals surface area contributed by atoms with Gasteiger partial charge in [-0.25, -0.2) is 9.03 Å². The van der Waals surface area contributed by atoms with E-state index >= 15 is 0 Å². The van der Waals surface area contributed by atoms with Crippen molar-refractivity contribution in [3.8, 4) is 0 Å². The first kappa shape index (κ1) is 24.7. The van der Waals surface area contributed by atoms with Crippen molar-refractivity contribution in [2.24, 2.45) is 7.05 Å². The molecule has 33 heavy (non-hydrogen) atoms. The molecule has 3 aliphatic rings. The first-order valence-corrected chi connectivity index (χ1v) is 13.1. The summed E-state index contributed by atoms with van der Waals surface area (Å²) in [5, 5.41) is 7.42. The number of aromatic nitrogens is 2. The van der Waals surface area contributed by atoms with E-state index in [1.807, 2.05) is 0 Å². The first-order valence-electron chi connectivity index (χ1n) is 11.6. The quantitative estimate of drug-likeness (QED) is 0.606. The molecule has 5 rings (SSSR count). The Bertz CT molecular complexity index is 1110. The van der Waals surface area contributed by atoms with Crippen molar-refractivity contribution in [2.75, 3.05) is 17.4 Å². The molecule has 10 heteroatoms. The third kappa shape index (κ3) is 5.03. The fraction of sp³-hybridized carbons (Fsp3) is 0.565. The number of carbonyl (C=O) groups is 1. The van der Waals surface area contributed by atoms with Crippen LogP contribution in [0.15, 0.2) is 18.5 Å². The Labute approximate surface area is 218 Å². The largest absolute Gasteiger partial charge is 0.326 e. The van der Waals surface area contributed by atoms with Gasteiger partial charge in [0.15, 0.2) is 0 Å². The Morgan fingerprint density at radius 3 is 2.45 bits per heavy atom. The molecule has 1 saturated heterocycles. The van der Waals surface area contributed by atoms with Crippen molar-refractivity contribution < 1.29 is 13.2 Å². The Kier molecular flexibility index (Phi) is 7.55. The maximum Gasteiger partial charge on any atom is 0.326 e. The number of benzene rings is 1. The minimum atomic E-state index is -4.07.